The van der Waals surface area contributed by atoms with Crippen molar-refractivity contribution in [2.45, 2.75) is 0 Å². The molecule has 0 radical (unpaired) electrons. The van der Waals surface area contributed by atoms with Crippen LogP contribution in [0.1, 0.15) is 0 Å². The summed E-state index contributed by atoms with van der Waals surface area (Å²) in [7, 11) is 0.110. The summed E-state index contributed by atoms with van der Waals surface area (Å²) in [6, 6.07) is 7.13. The van der Waals surface area contributed by atoms with Gasteiger partial charge < -0.3 is 0 Å². The third-order valence-corrected chi connectivity index (χ3v) is 1.70. The predicted octanol–water partition coefficient (Wildman–Crippen LogP) is 0.0390. The Kier molecular flexibility index (Phi) is 2.16. The van der Waals surface area contributed by atoms with Gasteiger partial charge in [-0.05, 0) is 0 Å². The molecule has 0 fully saturated rings. The summed E-state index contributed by atoms with van der Waals surface area (Å²) in [6.45, 7) is 0. The molecule has 56 valence electrons. The Labute approximate surface area is 75.5 Å². The molecule has 0 aromatic heterocycles. The normalized spacial score (nSPS) is 13.8. The Balaban J connectivity index is 3.36. The van der Waals surface area contributed by atoms with E-state index in [0.717, 1.165) is 0 Å². The molecule has 0 saturated heterocycles. The van der Waals surface area contributed by atoms with Crippen molar-refractivity contribution in [1.82, 2.24) is 0 Å². The first kappa shape index (κ1) is 8.60. The SMILES string of the molecule is N#CC1=C(C#N)C(C#N)=C(C#N)B1. The summed E-state index contributed by atoms with van der Waals surface area (Å²) >= 11 is 0. The number of nitrogens with zero attached hydrogens (tertiary/aromatic N) is 4. The van der Waals surface area contributed by atoms with Crippen LogP contribution in [-0.2, 0) is 0 Å². The summed E-state index contributed by atoms with van der Waals surface area (Å²) in [5.41, 5.74) is 0.495. The van der Waals surface area contributed by atoms with Crippen molar-refractivity contribution >= 4 is 7.28 Å². The van der Waals surface area contributed by atoms with Crippen LogP contribution in [0.25, 0.3) is 0 Å². The lowest BCUT2D eigenvalue weighted by molar-refractivity contribution is 1.42. The minimum Gasteiger partial charge on any atom is -0.194 e. The third-order valence-electron chi connectivity index (χ3n) is 1.70. The van der Waals surface area contributed by atoms with Gasteiger partial charge in [-0.3, -0.25) is 0 Å². The molecule has 0 aliphatic carbocycles. The van der Waals surface area contributed by atoms with Crippen LogP contribution in [0.15, 0.2) is 22.1 Å². The largest absolute Gasteiger partial charge is 0.223 e. The second kappa shape index (κ2) is 3.27. The van der Waals surface area contributed by atoms with Crippen LogP contribution in [0.5, 0.6) is 0 Å². The summed E-state index contributed by atoms with van der Waals surface area (Å²) in [5.74, 6) is 0. The highest BCUT2D eigenvalue weighted by Crippen LogP contribution is 2.24. The fourth-order valence-corrected chi connectivity index (χ4v) is 1.09. The van der Waals surface area contributed by atoms with Gasteiger partial charge in [0.1, 0.15) is 12.1 Å². The number of hydrogen-bond donors (Lipinski definition) is 0. The molecule has 1 heterocycles. The van der Waals surface area contributed by atoms with Crippen molar-refractivity contribution in [2.24, 2.45) is 0 Å². The lowest BCUT2D eigenvalue weighted by Crippen LogP contribution is -1.92. The maximum absolute atomic E-state index is 8.63. The molecule has 0 bridgehead atoms. The zero-order chi connectivity index (χ0) is 9.84. The molecule has 0 aromatic carbocycles. The smallest absolute Gasteiger partial charge is 0.194 e. The average molecular weight is 164 g/mol. The fourth-order valence-electron chi connectivity index (χ4n) is 1.09. The maximum Gasteiger partial charge on any atom is 0.223 e. The average Bonchev–Trinajstić information content (AvgIpc) is 2.54. The molecule has 0 unspecified atom stereocenters. The number of nitriles is 4. The standard InChI is InChI=1S/C8HBN4/c10-1-5-6(2-11)8(4-13)9-7(5)3-12/h9H. The van der Waals surface area contributed by atoms with Crippen LogP contribution >= 0.6 is 0 Å². The number of hydrogen-bond acceptors (Lipinski definition) is 4. The van der Waals surface area contributed by atoms with E-state index in [-0.39, 0.29) is 29.4 Å². The summed E-state index contributed by atoms with van der Waals surface area (Å²) in [5, 5.41) is 34.4. The molecule has 4 nitrogen and oxygen atoms in total. The minimum atomic E-state index is 0.0431. The molecule has 0 amide bonds. The van der Waals surface area contributed by atoms with E-state index in [1.807, 2.05) is 0 Å². The molecule has 1 aliphatic heterocycles. The zero-order valence-corrected chi connectivity index (χ0v) is 6.50. The van der Waals surface area contributed by atoms with Gasteiger partial charge in [-0.15, -0.1) is 0 Å². The van der Waals surface area contributed by atoms with Gasteiger partial charge >= 0.3 is 0 Å². The molecule has 0 N–H and O–H groups in total. The zero-order valence-electron chi connectivity index (χ0n) is 6.50. The highest BCUT2D eigenvalue weighted by Gasteiger charge is 2.25. The van der Waals surface area contributed by atoms with E-state index in [4.69, 9.17) is 21.0 Å². The van der Waals surface area contributed by atoms with Gasteiger partial charge in [0.2, 0.25) is 7.28 Å². The molecule has 0 aromatic rings. The van der Waals surface area contributed by atoms with Crippen LogP contribution in [0.2, 0.25) is 0 Å². The Morgan fingerprint density at radius 1 is 0.692 bits per heavy atom. The van der Waals surface area contributed by atoms with Crippen molar-refractivity contribution in [3.05, 3.63) is 22.1 Å². The summed E-state index contributed by atoms with van der Waals surface area (Å²) < 4.78 is 0. The fraction of sp³-hybridized carbons (Fsp3) is 0. The molecule has 1 rings (SSSR count). The van der Waals surface area contributed by atoms with Crippen molar-refractivity contribution in [3.63, 3.8) is 0 Å². The third kappa shape index (κ3) is 1.16. The van der Waals surface area contributed by atoms with Crippen molar-refractivity contribution in [2.75, 3.05) is 0 Å². The Bertz CT molecular complexity index is 438. The monoisotopic (exact) mass is 164 g/mol. The molecular weight excluding hydrogens is 163 g/mol. The first-order valence-electron chi connectivity index (χ1n) is 3.35. The number of allylic oxidation sites excluding steroid dienone is 4. The van der Waals surface area contributed by atoms with E-state index in [1.165, 1.54) is 0 Å². The predicted molar refractivity (Wildman–Crippen MR) is 43.7 cm³/mol. The van der Waals surface area contributed by atoms with Gasteiger partial charge in [-0.25, -0.2) is 0 Å². The Morgan fingerprint density at radius 2 is 1.08 bits per heavy atom. The first-order chi connectivity index (χ1) is 6.28. The second-order valence-corrected chi connectivity index (χ2v) is 2.33. The van der Waals surface area contributed by atoms with Crippen molar-refractivity contribution in [1.29, 1.82) is 21.0 Å². The summed E-state index contributed by atoms with van der Waals surface area (Å²) in [6.07, 6.45) is 0. The summed E-state index contributed by atoms with van der Waals surface area (Å²) in [4.78, 5) is 0. The maximum atomic E-state index is 8.63. The topological polar surface area (TPSA) is 95.2 Å². The molecule has 5 heteroatoms. The van der Waals surface area contributed by atoms with Crippen molar-refractivity contribution in [3.8, 4) is 24.3 Å². The quantitative estimate of drug-likeness (QED) is 0.472. The van der Waals surface area contributed by atoms with E-state index in [1.54, 1.807) is 24.3 Å². The molecular formula is C8HBN4. The Morgan fingerprint density at radius 3 is 1.31 bits per heavy atom. The highest BCUT2D eigenvalue weighted by atomic mass is 14.3. The van der Waals surface area contributed by atoms with Gasteiger partial charge in [0.05, 0.1) is 23.3 Å². The van der Waals surface area contributed by atoms with E-state index >= 15 is 0 Å². The Hall–Kier alpha value is -2.50. The van der Waals surface area contributed by atoms with E-state index in [2.05, 4.69) is 0 Å². The van der Waals surface area contributed by atoms with E-state index < -0.39 is 0 Å². The van der Waals surface area contributed by atoms with Crippen LogP contribution in [0.4, 0.5) is 0 Å². The molecule has 0 saturated carbocycles. The van der Waals surface area contributed by atoms with Gasteiger partial charge in [-0.1, -0.05) is 0 Å². The van der Waals surface area contributed by atoms with Crippen LogP contribution < -0.4 is 0 Å². The molecule has 0 spiro atoms. The van der Waals surface area contributed by atoms with E-state index in [9.17, 15) is 0 Å². The van der Waals surface area contributed by atoms with Crippen LogP contribution in [-0.4, -0.2) is 7.28 Å². The van der Waals surface area contributed by atoms with Gasteiger partial charge in [0.15, 0.2) is 0 Å². The van der Waals surface area contributed by atoms with Crippen molar-refractivity contribution < 1.29 is 0 Å². The second-order valence-electron chi connectivity index (χ2n) is 2.33. The molecule has 0 atom stereocenters. The number of rotatable bonds is 0. The minimum absolute atomic E-state index is 0.0431. The molecule has 13 heavy (non-hydrogen) atoms. The van der Waals surface area contributed by atoms with Gasteiger partial charge in [0.25, 0.3) is 0 Å². The van der Waals surface area contributed by atoms with Crippen LogP contribution in [0, 0.1) is 45.3 Å². The first-order valence-corrected chi connectivity index (χ1v) is 3.35. The van der Waals surface area contributed by atoms with Gasteiger partial charge in [0, 0.05) is 10.9 Å². The van der Waals surface area contributed by atoms with Crippen LogP contribution in [0.3, 0.4) is 0 Å². The lowest BCUT2D eigenvalue weighted by Gasteiger charge is -1.87. The highest BCUT2D eigenvalue weighted by molar-refractivity contribution is 6.59. The molecule has 1 aliphatic rings. The van der Waals surface area contributed by atoms with E-state index in [0.29, 0.717) is 0 Å². The van der Waals surface area contributed by atoms with Gasteiger partial charge in [-0.2, -0.15) is 21.0 Å². The lowest BCUT2D eigenvalue weighted by atomic mass is 9.66.